The molecule has 0 spiro atoms. The molecule has 0 unspecified atom stereocenters. The van der Waals surface area contributed by atoms with Crippen molar-refractivity contribution in [2.75, 3.05) is 0 Å². The van der Waals surface area contributed by atoms with E-state index in [4.69, 9.17) is 0 Å². The average Bonchev–Trinajstić information content (AvgIpc) is 2.94. The van der Waals surface area contributed by atoms with E-state index in [2.05, 4.69) is 9.47 Å². The van der Waals surface area contributed by atoms with Crippen molar-refractivity contribution in [1.29, 1.82) is 0 Å². The molecule has 4 rings (SSSR count). The molecule has 0 fully saturated rings. The lowest BCUT2D eigenvalue weighted by Crippen LogP contribution is -2.25. The number of hydrogen-bond donors (Lipinski definition) is 0. The van der Waals surface area contributed by atoms with E-state index >= 15 is 0 Å². The fraction of sp³-hybridized carbons (Fsp3) is 0.152. The summed E-state index contributed by atoms with van der Waals surface area (Å²) in [6.07, 6.45) is -7.98. The highest BCUT2D eigenvalue weighted by Crippen LogP contribution is 2.39. The second-order valence-electron chi connectivity index (χ2n) is 9.75. The first-order valence-electron chi connectivity index (χ1n) is 13.3. The zero-order valence-electron chi connectivity index (χ0n) is 23.5. The molecule has 0 radical (unpaired) electrons. The first kappa shape index (κ1) is 34.1. The van der Waals surface area contributed by atoms with Gasteiger partial charge in [0.2, 0.25) is 0 Å². The summed E-state index contributed by atoms with van der Waals surface area (Å²) >= 11 is 0. The number of hydrogen-bond acceptors (Lipinski definition) is 2. The van der Waals surface area contributed by atoms with E-state index in [0.717, 1.165) is 18.4 Å². The molecule has 4 aromatic carbocycles. The highest BCUT2D eigenvalue weighted by atomic mass is 19.3. The number of benzene rings is 4. The molecule has 0 aromatic heterocycles. The molecule has 0 amide bonds. The molecule has 242 valence electrons. The molecule has 0 bridgehead atoms. The van der Waals surface area contributed by atoms with E-state index in [1.165, 1.54) is 0 Å². The molecular formula is C33H21F11O2. The molecule has 4 aromatic rings. The van der Waals surface area contributed by atoms with Crippen molar-refractivity contribution in [3.05, 3.63) is 131 Å². The lowest BCUT2D eigenvalue weighted by Gasteiger charge is -2.20. The Morgan fingerprint density at radius 1 is 0.674 bits per heavy atom. The summed E-state index contributed by atoms with van der Waals surface area (Å²) in [5.74, 6) is -11.1. The van der Waals surface area contributed by atoms with E-state index in [-0.39, 0.29) is 5.56 Å². The van der Waals surface area contributed by atoms with Crippen LogP contribution in [0.5, 0.6) is 11.5 Å². The van der Waals surface area contributed by atoms with Crippen molar-refractivity contribution in [2.45, 2.75) is 32.0 Å². The maximum Gasteiger partial charge on any atom is 0.432 e. The van der Waals surface area contributed by atoms with Gasteiger partial charge in [-0.3, -0.25) is 0 Å². The Bertz CT molecular complexity index is 1730. The van der Waals surface area contributed by atoms with Crippen molar-refractivity contribution in [3.8, 4) is 33.8 Å². The van der Waals surface area contributed by atoms with Gasteiger partial charge in [0, 0.05) is 11.6 Å². The summed E-state index contributed by atoms with van der Waals surface area (Å²) < 4.78 is 162. The number of aryl methyl sites for hydroxylation is 1. The smallest absolute Gasteiger partial charge is 0.429 e. The fourth-order valence-corrected chi connectivity index (χ4v) is 4.40. The average molecular weight is 659 g/mol. The van der Waals surface area contributed by atoms with Crippen LogP contribution >= 0.6 is 0 Å². The standard InChI is InChI=1S/C33H21F11O2/c1-2-3-4-5-18-6-8-19(9-7-18)20-12-25(35)30(26(36)13-20)33(43,44)45-22-10-11-23(24(34)16-22)21-14-27(37)31(28(38)15-21)46-32(41,42)17-29(39)40/h2-3,6-17H,4-5H2,1H3/b3-2+. The van der Waals surface area contributed by atoms with Crippen LogP contribution in [0.4, 0.5) is 48.3 Å². The normalized spacial score (nSPS) is 12.0. The Morgan fingerprint density at radius 3 is 1.80 bits per heavy atom. The third-order valence-electron chi connectivity index (χ3n) is 6.47. The monoisotopic (exact) mass is 658 g/mol. The van der Waals surface area contributed by atoms with Gasteiger partial charge in [-0.2, -0.15) is 26.3 Å². The van der Waals surface area contributed by atoms with E-state index in [1.54, 1.807) is 24.3 Å². The molecule has 0 atom stereocenters. The largest absolute Gasteiger partial charge is 0.432 e. The van der Waals surface area contributed by atoms with Gasteiger partial charge >= 0.3 is 12.2 Å². The lowest BCUT2D eigenvalue weighted by molar-refractivity contribution is -0.189. The molecule has 0 aliphatic heterocycles. The summed E-state index contributed by atoms with van der Waals surface area (Å²) in [6, 6.07) is 10.4. The zero-order chi connectivity index (χ0) is 33.8. The lowest BCUT2D eigenvalue weighted by atomic mass is 10.00. The molecule has 0 heterocycles. The van der Waals surface area contributed by atoms with Crippen molar-refractivity contribution in [2.24, 2.45) is 0 Å². The van der Waals surface area contributed by atoms with Crippen LogP contribution in [0.15, 0.2) is 91.0 Å². The van der Waals surface area contributed by atoms with E-state index < -0.39 is 81.6 Å². The van der Waals surface area contributed by atoms with Crippen LogP contribution in [0.3, 0.4) is 0 Å². The minimum absolute atomic E-state index is 0.0319. The number of ether oxygens (including phenoxy) is 2. The first-order valence-corrected chi connectivity index (χ1v) is 13.3. The highest BCUT2D eigenvalue weighted by molar-refractivity contribution is 5.67. The van der Waals surface area contributed by atoms with Crippen LogP contribution in [0.2, 0.25) is 0 Å². The van der Waals surface area contributed by atoms with Crippen LogP contribution in [0.1, 0.15) is 24.5 Å². The highest BCUT2D eigenvalue weighted by Gasteiger charge is 2.41. The van der Waals surface area contributed by atoms with Gasteiger partial charge in [0.1, 0.15) is 28.8 Å². The summed E-state index contributed by atoms with van der Waals surface area (Å²) in [5, 5.41) is 0. The number of rotatable bonds is 11. The van der Waals surface area contributed by atoms with Gasteiger partial charge in [0.15, 0.2) is 17.4 Å². The third-order valence-corrected chi connectivity index (χ3v) is 6.47. The van der Waals surface area contributed by atoms with Crippen LogP contribution in [-0.4, -0.2) is 6.11 Å². The zero-order valence-corrected chi connectivity index (χ0v) is 23.5. The van der Waals surface area contributed by atoms with Crippen LogP contribution in [-0.2, 0) is 12.5 Å². The number of halogens is 11. The molecular weight excluding hydrogens is 637 g/mol. The van der Waals surface area contributed by atoms with Gasteiger partial charge in [-0.1, -0.05) is 36.4 Å². The van der Waals surface area contributed by atoms with Crippen molar-refractivity contribution >= 4 is 0 Å². The van der Waals surface area contributed by atoms with Crippen molar-refractivity contribution in [3.63, 3.8) is 0 Å². The van der Waals surface area contributed by atoms with Crippen molar-refractivity contribution < 1.29 is 57.8 Å². The SMILES string of the molecule is C/C=C/CCc1ccc(-c2cc(F)c(C(F)(F)Oc3ccc(-c4cc(F)c(OC(F)(F)C=C(F)F)c(F)c4)c(F)c3)c(F)c2)cc1. The van der Waals surface area contributed by atoms with Gasteiger partial charge in [-0.25, -0.2) is 22.0 Å². The minimum atomic E-state index is -4.80. The Labute approximate surface area is 255 Å². The Hall–Kier alpha value is -4.81. The van der Waals surface area contributed by atoms with Crippen LogP contribution in [0.25, 0.3) is 22.3 Å². The molecule has 0 saturated heterocycles. The van der Waals surface area contributed by atoms with E-state index in [0.29, 0.717) is 48.0 Å². The predicted octanol–water partition coefficient (Wildman–Crippen LogP) is 11.1. The molecule has 46 heavy (non-hydrogen) atoms. The number of alkyl halides is 4. The summed E-state index contributed by atoms with van der Waals surface area (Å²) in [6.45, 7) is 1.88. The summed E-state index contributed by atoms with van der Waals surface area (Å²) in [5.41, 5.74) is -1.77. The van der Waals surface area contributed by atoms with Crippen LogP contribution < -0.4 is 9.47 Å². The van der Waals surface area contributed by atoms with Gasteiger partial charge in [-0.05, 0) is 78.4 Å². The topological polar surface area (TPSA) is 18.5 Å². The second kappa shape index (κ2) is 13.7. The molecule has 2 nitrogen and oxygen atoms in total. The molecule has 13 heteroatoms. The fourth-order valence-electron chi connectivity index (χ4n) is 4.40. The summed E-state index contributed by atoms with van der Waals surface area (Å²) in [7, 11) is 0. The quantitative estimate of drug-likeness (QED) is 0.118. The van der Waals surface area contributed by atoms with Gasteiger partial charge < -0.3 is 9.47 Å². The molecule has 0 aliphatic carbocycles. The maximum atomic E-state index is 15.0. The molecule has 0 N–H and O–H groups in total. The van der Waals surface area contributed by atoms with E-state index in [9.17, 15) is 48.3 Å². The minimum Gasteiger partial charge on any atom is -0.429 e. The number of allylic oxidation sites excluding steroid dienone is 2. The van der Waals surface area contributed by atoms with Crippen molar-refractivity contribution in [1.82, 2.24) is 0 Å². The molecule has 0 aliphatic rings. The van der Waals surface area contributed by atoms with Gasteiger partial charge in [0.05, 0.1) is 6.08 Å². The van der Waals surface area contributed by atoms with E-state index in [1.807, 2.05) is 19.1 Å². The van der Waals surface area contributed by atoms with Crippen LogP contribution in [0, 0.1) is 29.1 Å². The van der Waals surface area contributed by atoms with Gasteiger partial charge in [-0.15, -0.1) is 0 Å². The Morgan fingerprint density at radius 2 is 1.26 bits per heavy atom. The summed E-state index contributed by atoms with van der Waals surface area (Å²) in [4.78, 5) is 0. The molecule has 0 saturated carbocycles. The first-order chi connectivity index (χ1) is 21.6. The Kier molecular flexibility index (Phi) is 10.1. The van der Waals surface area contributed by atoms with Gasteiger partial charge in [0.25, 0.3) is 6.08 Å². The maximum absolute atomic E-state index is 15.0. The predicted molar refractivity (Wildman–Crippen MR) is 147 cm³/mol. The Balaban J connectivity index is 1.55. The third kappa shape index (κ3) is 8.06. The second-order valence-corrected chi connectivity index (χ2v) is 9.75.